The molecule has 5 nitrogen and oxygen atoms in total. The van der Waals surface area contributed by atoms with E-state index in [0.717, 1.165) is 5.56 Å². The normalized spacial score (nSPS) is 18.4. The summed E-state index contributed by atoms with van der Waals surface area (Å²) in [5, 5.41) is 2.85. The second-order valence-corrected chi connectivity index (χ2v) is 7.68. The molecule has 1 amide bonds. The highest BCUT2D eigenvalue weighted by Gasteiger charge is 2.39. The SMILES string of the molecule is O=C(NCc1ccccc1)[C@@H]1CCCN1S(=O)(=O)c1ccccc1. The van der Waals surface area contributed by atoms with Crippen LogP contribution in [0.25, 0.3) is 0 Å². The average molecular weight is 344 g/mol. The van der Waals surface area contributed by atoms with Gasteiger partial charge in [0.2, 0.25) is 15.9 Å². The number of carbonyl (C=O) groups excluding carboxylic acids is 1. The van der Waals surface area contributed by atoms with Crippen LogP contribution >= 0.6 is 0 Å². The molecular weight excluding hydrogens is 324 g/mol. The van der Waals surface area contributed by atoms with E-state index in [4.69, 9.17) is 0 Å². The minimum Gasteiger partial charge on any atom is -0.351 e. The number of benzene rings is 2. The lowest BCUT2D eigenvalue weighted by Gasteiger charge is -2.23. The van der Waals surface area contributed by atoms with Crippen LogP contribution < -0.4 is 5.32 Å². The van der Waals surface area contributed by atoms with Crippen LogP contribution in [0.1, 0.15) is 18.4 Å². The van der Waals surface area contributed by atoms with Gasteiger partial charge in [0, 0.05) is 13.1 Å². The van der Waals surface area contributed by atoms with Crippen molar-refractivity contribution >= 4 is 15.9 Å². The van der Waals surface area contributed by atoms with Gasteiger partial charge < -0.3 is 5.32 Å². The van der Waals surface area contributed by atoms with E-state index in [9.17, 15) is 13.2 Å². The summed E-state index contributed by atoms with van der Waals surface area (Å²) in [5.74, 6) is -0.240. The highest BCUT2D eigenvalue weighted by Crippen LogP contribution is 2.26. The number of nitrogens with zero attached hydrogens (tertiary/aromatic N) is 1. The molecule has 1 N–H and O–H groups in total. The first kappa shape index (κ1) is 16.7. The standard InChI is InChI=1S/C18H20N2O3S/c21-18(19-14-15-8-3-1-4-9-15)17-12-7-13-20(17)24(22,23)16-10-5-2-6-11-16/h1-6,8-11,17H,7,12-14H2,(H,19,21)/t17-/m0/s1. The van der Waals surface area contributed by atoms with Gasteiger partial charge in [0.05, 0.1) is 4.90 Å². The van der Waals surface area contributed by atoms with Crippen molar-refractivity contribution in [2.24, 2.45) is 0 Å². The van der Waals surface area contributed by atoms with E-state index >= 15 is 0 Å². The lowest BCUT2D eigenvalue weighted by molar-refractivity contribution is -0.124. The van der Waals surface area contributed by atoms with Crippen molar-refractivity contribution in [1.29, 1.82) is 0 Å². The van der Waals surface area contributed by atoms with Crippen LogP contribution in [-0.4, -0.2) is 31.2 Å². The molecule has 1 aliphatic rings. The summed E-state index contributed by atoms with van der Waals surface area (Å²) in [4.78, 5) is 12.7. The molecule has 24 heavy (non-hydrogen) atoms. The molecule has 1 heterocycles. The van der Waals surface area contributed by atoms with E-state index in [1.165, 1.54) is 4.31 Å². The van der Waals surface area contributed by atoms with Crippen molar-refractivity contribution in [3.8, 4) is 0 Å². The Morgan fingerprint density at radius 2 is 1.67 bits per heavy atom. The zero-order chi connectivity index (χ0) is 17.0. The fourth-order valence-electron chi connectivity index (χ4n) is 2.92. The summed E-state index contributed by atoms with van der Waals surface area (Å²) >= 11 is 0. The van der Waals surface area contributed by atoms with Gasteiger partial charge in [0.15, 0.2) is 0 Å². The van der Waals surface area contributed by atoms with Gasteiger partial charge in [-0.3, -0.25) is 4.79 Å². The van der Waals surface area contributed by atoms with Crippen molar-refractivity contribution in [2.45, 2.75) is 30.3 Å². The van der Waals surface area contributed by atoms with E-state index in [0.29, 0.717) is 25.9 Å². The van der Waals surface area contributed by atoms with E-state index in [2.05, 4.69) is 5.32 Å². The Morgan fingerprint density at radius 1 is 1.04 bits per heavy atom. The molecule has 0 bridgehead atoms. The van der Waals surface area contributed by atoms with Gasteiger partial charge in [0.1, 0.15) is 6.04 Å². The maximum Gasteiger partial charge on any atom is 0.243 e. The summed E-state index contributed by atoms with van der Waals surface area (Å²) in [5.41, 5.74) is 0.987. The minimum absolute atomic E-state index is 0.229. The lowest BCUT2D eigenvalue weighted by Crippen LogP contribution is -2.45. The topological polar surface area (TPSA) is 66.5 Å². The number of rotatable bonds is 5. The summed E-state index contributed by atoms with van der Waals surface area (Å²) < 4.78 is 26.9. The summed E-state index contributed by atoms with van der Waals surface area (Å²) in [6.45, 7) is 0.774. The molecule has 0 saturated carbocycles. The van der Waals surface area contributed by atoms with Crippen LogP contribution in [0.3, 0.4) is 0 Å². The molecule has 2 aromatic carbocycles. The number of amides is 1. The third-order valence-electron chi connectivity index (χ3n) is 4.17. The van der Waals surface area contributed by atoms with Crippen LogP contribution in [0.2, 0.25) is 0 Å². The molecule has 6 heteroatoms. The predicted molar refractivity (Wildman–Crippen MR) is 91.6 cm³/mol. The monoisotopic (exact) mass is 344 g/mol. The van der Waals surface area contributed by atoms with E-state index in [1.807, 2.05) is 30.3 Å². The Labute approximate surface area is 142 Å². The Morgan fingerprint density at radius 3 is 2.33 bits per heavy atom. The van der Waals surface area contributed by atoms with Crippen molar-refractivity contribution < 1.29 is 13.2 Å². The van der Waals surface area contributed by atoms with Gasteiger partial charge in [-0.25, -0.2) is 8.42 Å². The molecule has 1 aliphatic heterocycles. The molecule has 126 valence electrons. The van der Waals surface area contributed by atoms with Crippen LogP contribution in [0, 0.1) is 0 Å². The first-order chi connectivity index (χ1) is 11.6. The molecular formula is C18H20N2O3S. The summed E-state index contributed by atoms with van der Waals surface area (Å²) in [6.07, 6.45) is 1.24. The second kappa shape index (κ2) is 7.15. The van der Waals surface area contributed by atoms with E-state index in [1.54, 1.807) is 30.3 Å². The number of carbonyl (C=O) groups is 1. The molecule has 0 aromatic heterocycles. The van der Waals surface area contributed by atoms with Crippen LogP contribution in [0.4, 0.5) is 0 Å². The maximum atomic E-state index is 12.8. The zero-order valence-electron chi connectivity index (χ0n) is 13.3. The zero-order valence-corrected chi connectivity index (χ0v) is 14.1. The van der Waals surface area contributed by atoms with Crippen LogP contribution in [-0.2, 0) is 21.4 Å². The van der Waals surface area contributed by atoms with Gasteiger partial charge in [0.25, 0.3) is 0 Å². The fraction of sp³-hybridized carbons (Fsp3) is 0.278. The molecule has 0 aliphatic carbocycles. The van der Waals surface area contributed by atoms with Gasteiger partial charge in [-0.15, -0.1) is 0 Å². The van der Waals surface area contributed by atoms with Gasteiger partial charge >= 0.3 is 0 Å². The molecule has 0 radical (unpaired) electrons. The number of hydrogen-bond acceptors (Lipinski definition) is 3. The lowest BCUT2D eigenvalue weighted by atomic mass is 10.2. The molecule has 2 aromatic rings. The smallest absolute Gasteiger partial charge is 0.243 e. The van der Waals surface area contributed by atoms with Gasteiger partial charge in [-0.2, -0.15) is 4.31 Å². The quantitative estimate of drug-likeness (QED) is 0.904. The molecule has 1 saturated heterocycles. The van der Waals surface area contributed by atoms with Gasteiger partial charge in [-0.05, 0) is 30.5 Å². The number of sulfonamides is 1. The Kier molecular flexibility index (Phi) is 4.97. The van der Waals surface area contributed by atoms with E-state index < -0.39 is 16.1 Å². The molecule has 1 fully saturated rings. The maximum absolute atomic E-state index is 12.8. The predicted octanol–water partition coefficient (Wildman–Crippen LogP) is 2.16. The fourth-order valence-corrected chi connectivity index (χ4v) is 4.60. The Bertz CT molecular complexity index is 792. The molecule has 1 atom stereocenters. The highest BCUT2D eigenvalue weighted by atomic mass is 32.2. The first-order valence-corrected chi connectivity index (χ1v) is 9.41. The van der Waals surface area contributed by atoms with E-state index in [-0.39, 0.29) is 10.8 Å². The van der Waals surface area contributed by atoms with Crippen molar-refractivity contribution in [2.75, 3.05) is 6.54 Å². The van der Waals surface area contributed by atoms with Crippen molar-refractivity contribution in [3.63, 3.8) is 0 Å². The Balaban J connectivity index is 1.72. The largest absolute Gasteiger partial charge is 0.351 e. The minimum atomic E-state index is -3.64. The third-order valence-corrected chi connectivity index (χ3v) is 6.09. The average Bonchev–Trinajstić information content (AvgIpc) is 3.12. The van der Waals surface area contributed by atoms with Crippen molar-refractivity contribution in [1.82, 2.24) is 9.62 Å². The second-order valence-electron chi connectivity index (χ2n) is 5.79. The number of hydrogen-bond donors (Lipinski definition) is 1. The number of nitrogens with one attached hydrogen (secondary N) is 1. The molecule has 0 unspecified atom stereocenters. The third kappa shape index (κ3) is 3.49. The van der Waals surface area contributed by atoms with Crippen molar-refractivity contribution in [3.05, 3.63) is 66.2 Å². The summed E-state index contributed by atoms with van der Waals surface area (Å²) in [7, 11) is -3.64. The van der Waals surface area contributed by atoms with Crippen LogP contribution in [0.5, 0.6) is 0 Å². The molecule has 0 spiro atoms. The van der Waals surface area contributed by atoms with Crippen LogP contribution in [0.15, 0.2) is 65.6 Å². The molecule has 3 rings (SSSR count). The highest BCUT2D eigenvalue weighted by molar-refractivity contribution is 7.89. The summed E-state index contributed by atoms with van der Waals surface area (Å²) in [6, 6.07) is 17.2. The Hall–Kier alpha value is -2.18. The first-order valence-electron chi connectivity index (χ1n) is 7.97. The van der Waals surface area contributed by atoms with Gasteiger partial charge in [-0.1, -0.05) is 48.5 Å².